The number of nitrogens with zero attached hydrogens (tertiary/aromatic N) is 3. The van der Waals surface area contributed by atoms with Gasteiger partial charge in [0.05, 0.1) is 5.57 Å². The van der Waals surface area contributed by atoms with Crippen LogP contribution in [0.25, 0.3) is 0 Å². The molecule has 0 fully saturated rings. The predicted octanol–water partition coefficient (Wildman–Crippen LogP) is 1.65. The average molecular weight is 321 g/mol. The molecule has 2 aromatic rings. The number of carbonyl (C=O) groups excluding carboxylic acids is 1. The highest BCUT2D eigenvalue weighted by molar-refractivity contribution is 5.95. The van der Waals surface area contributed by atoms with Crippen LogP contribution in [0.2, 0.25) is 0 Å². The zero-order valence-corrected chi connectivity index (χ0v) is 12.0. The molecule has 0 bridgehead atoms. The number of hydrogen-bond donors (Lipinski definition) is 2. The molecular formula is C14H13F2N5O2. The molecule has 0 saturated carbocycles. The number of allylic oxidation sites excluding steroid dienone is 1. The highest BCUT2D eigenvalue weighted by Gasteiger charge is 2.32. The van der Waals surface area contributed by atoms with Gasteiger partial charge in [-0.2, -0.15) is 18.9 Å². The van der Waals surface area contributed by atoms with Gasteiger partial charge in [-0.3, -0.25) is 4.79 Å². The minimum absolute atomic E-state index is 0.0258. The number of rotatable bonds is 4. The quantitative estimate of drug-likeness (QED) is 0.893. The van der Waals surface area contributed by atoms with E-state index in [0.717, 1.165) is 0 Å². The van der Waals surface area contributed by atoms with E-state index in [9.17, 15) is 13.6 Å². The third-order valence-corrected chi connectivity index (χ3v) is 3.48. The van der Waals surface area contributed by atoms with Crippen molar-refractivity contribution in [3.05, 3.63) is 47.4 Å². The first-order valence-electron chi connectivity index (χ1n) is 6.69. The third-order valence-electron chi connectivity index (χ3n) is 3.48. The van der Waals surface area contributed by atoms with Crippen molar-refractivity contribution in [1.29, 1.82) is 0 Å². The Labute approximate surface area is 129 Å². The van der Waals surface area contributed by atoms with Gasteiger partial charge >= 0.3 is 6.61 Å². The monoisotopic (exact) mass is 321 g/mol. The van der Waals surface area contributed by atoms with Crippen LogP contribution in [0.5, 0.6) is 5.75 Å². The number of aromatic nitrogens is 3. The van der Waals surface area contributed by atoms with Crippen molar-refractivity contribution in [2.45, 2.75) is 19.6 Å². The summed E-state index contributed by atoms with van der Waals surface area (Å²) in [4.78, 5) is 15.9. The number of amides is 1. The van der Waals surface area contributed by atoms with Crippen LogP contribution in [-0.2, 0) is 4.79 Å². The van der Waals surface area contributed by atoms with E-state index in [1.54, 1.807) is 19.1 Å². The van der Waals surface area contributed by atoms with Gasteiger partial charge in [0, 0.05) is 5.70 Å². The first-order valence-corrected chi connectivity index (χ1v) is 6.69. The molecule has 1 aromatic heterocycles. The number of anilines is 1. The molecule has 1 amide bonds. The van der Waals surface area contributed by atoms with E-state index in [1.807, 2.05) is 0 Å². The molecular weight excluding hydrogens is 308 g/mol. The Kier molecular flexibility index (Phi) is 3.68. The Balaban J connectivity index is 2.04. The zero-order valence-electron chi connectivity index (χ0n) is 12.0. The Morgan fingerprint density at radius 2 is 2.09 bits per heavy atom. The molecule has 7 nitrogen and oxygen atoms in total. The van der Waals surface area contributed by atoms with E-state index in [4.69, 9.17) is 5.73 Å². The normalized spacial score (nSPS) is 17.0. The van der Waals surface area contributed by atoms with Crippen LogP contribution >= 0.6 is 0 Å². The molecule has 1 aromatic carbocycles. The second-order valence-electron chi connectivity index (χ2n) is 4.91. The van der Waals surface area contributed by atoms with E-state index in [-0.39, 0.29) is 5.75 Å². The van der Waals surface area contributed by atoms with Crippen LogP contribution in [0.15, 0.2) is 41.9 Å². The summed E-state index contributed by atoms with van der Waals surface area (Å²) in [6, 6.07) is 5.36. The number of ether oxygens (including phenoxy) is 1. The Hall–Kier alpha value is -2.97. The van der Waals surface area contributed by atoms with Crippen LogP contribution in [0.1, 0.15) is 18.5 Å². The van der Waals surface area contributed by atoms with Crippen LogP contribution in [0, 0.1) is 0 Å². The molecule has 0 spiro atoms. The Bertz CT molecular complexity index is 770. The summed E-state index contributed by atoms with van der Waals surface area (Å²) in [7, 11) is 0. The minimum Gasteiger partial charge on any atom is -0.435 e. The van der Waals surface area contributed by atoms with Crippen molar-refractivity contribution in [3.8, 4) is 5.75 Å². The summed E-state index contributed by atoms with van der Waals surface area (Å²) in [5.74, 6) is -0.114. The number of fused-ring (bicyclic) bond motifs is 1. The summed E-state index contributed by atoms with van der Waals surface area (Å²) in [6.07, 6.45) is 1.35. The maximum atomic E-state index is 12.2. The molecule has 23 heavy (non-hydrogen) atoms. The first kappa shape index (κ1) is 14.9. The average Bonchev–Trinajstić information content (AvgIpc) is 2.93. The lowest BCUT2D eigenvalue weighted by atomic mass is 9.95. The van der Waals surface area contributed by atoms with Crippen molar-refractivity contribution in [2.24, 2.45) is 5.73 Å². The molecule has 1 atom stereocenters. The Morgan fingerprint density at radius 1 is 1.39 bits per heavy atom. The second-order valence-corrected chi connectivity index (χ2v) is 4.91. The van der Waals surface area contributed by atoms with Gasteiger partial charge in [0.15, 0.2) is 0 Å². The topological polar surface area (TPSA) is 95.1 Å². The van der Waals surface area contributed by atoms with Crippen LogP contribution in [0.4, 0.5) is 14.7 Å². The van der Waals surface area contributed by atoms with E-state index in [2.05, 4.69) is 20.1 Å². The van der Waals surface area contributed by atoms with E-state index in [1.165, 1.54) is 23.1 Å². The third kappa shape index (κ3) is 2.72. The first-order chi connectivity index (χ1) is 11.0. The van der Waals surface area contributed by atoms with E-state index >= 15 is 0 Å². The van der Waals surface area contributed by atoms with Crippen molar-refractivity contribution >= 4 is 11.9 Å². The van der Waals surface area contributed by atoms with Crippen LogP contribution in [-0.4, -0.2) is 27.3 Å². The molecule has 1 aliphatic heterocycles. The van der Waals surface area contributed by atoms with Crippen molar-refractivity contribution < 1.29 is 18.3 Å². The molecule has 2 heterocycles. The largest absolute Gasteiger partial charge is 0.435 e. The number of nitrogens with two attached hydrogens (primary N) is 1. The van der Waals surface area contributed by atoms with Crippen LogP contribution < -0.4 is 15.8 Å². The lowest BCUT2D eigenvalue weighted by Gasteiger charge is -2.27. The van der Waals surface area contributed by atoms with Crippen molar-refractivity contribution in [1.82, 2.24) is 14.8 Å². The zero-order chi connectivity index (χ0) is 16.6. The van der Waals surface area contributed by atoms with Crippen LogP contribution in [0.3, 0.4) is 0 Å². The summed E-state index contributed by atoms with van der Waals surface area (Å²) in [6.45, 7) is -1.19. The number of hydrogen-bond acceptors (Lipinski definition) is 5. The lowest BCUT2D eigenvalue weighted by Crippen LogP contribution is -2.31. The number of primary amides is 1. The molecule has 0 saturated heterocycles. The van der Waals surface area contributed by atoms with Gasteiger partial charge in [0.25, 0.3) is 0 Å². The summed E-state index contributed by atoms with van der Waals surface area (Å²) < 4.78 is 30.3. The molecule has 3 rings (SSSR count). The SMILES string of the molecule is CC1=C(C(N)=O)[C@@H](c2ccc(OC(F)F)cc2)n2ncnc2N1. The standard InChI is InChI=1S/C14H13F2N5O2/c1-7-10(12(17)22)11(21-14(20-7)18-6-19-21)8-2-4-9(5-3-8)23-13(15)16/h2-6,11,13H,1H3,(H2,17,22)(H,18,19,20)/t11-/m1/s1. The summed E-state index contributed by atoms with van der Waals surface area (Å²) in [5.41, 5.74) is 7.02. The summed E-state index contributed by atoms with van der Waals surface area (Å²) in [5, 5.41) is 7.06. The Morgan fingerprint density at radius 3 is 2.70 bits per heavy atom. The fraction of sp³-hybridized carbons (Fsp3) is 0.214. The van der Waals surface area contributed by atoms with Gasteiger partial charge in [-0.1, -0.05) is 12.1 Å². The van der Waals surface area contributed by atoms with E-state index in [0.29, 0.717) is 22.8 Å². The number of nitrogens with one attached hydrogen (secondary N) is 1. The van der Waals surface area contributed by atoms with Crippen molar-refractivity contribution in [2.75, 3.05) is 5.32 Å². The fourth-order valence-electron chi connectivity index (χ4n) is 2.55. The fourth-order valence-corrected chi connectivity index (χ4v) is 2.55. The second kappa shape index (κ2) is 5.67. The molecule has 3 N–H and O–H groups in total. The maximum absolute atomic E-state index is 12.2. The lowest BCUT2D eigenvalue weighted by molar-refractivity contribution is -0.115. The van der Waals surface area contributed by atoms with Gasteiger partial charge in [-0.25, -0.2) is 4.68 Å². The predicted molar refractivity (Wildman–Crippen MR) is 76.8 cm³/mol. The van der Waals surface area contributed by atoms with Gasteiger partial charge < -0.3 is 15.8 Å². The molecule has 1 aliphatic rings. The highest BCUT2D eigenvalue weighted by Crippen LogP contribution is 2.34. The van der Waals surface area contributed by atoms with Gasteiger partial charge in [-0.15, -0.1) is 0 Å². The molecule has 0 radical (unpaired) electrons. The van der Waals surface area contributed by atoms with E-state index < -0.39 is 18.6 Å². The minimum atomic E-state index is -2.90. The molecule has 9 heteroatoms. The van der Waals surface area contributed by atoms with Crippen molar-refractivity contribution in [3.63, 3.8) is 0 Å². The molecule has 120 valence electrons. The maximum Gasteiger partial charge on any atom is 0.387 e. The molecule has 0 unspecified atom stereocenters. The summed E-state index contributed by atoms with van der Waals surface area (Å²) >= 11 is 0. The van der Waals surface area contributed by atoms with Gasteiger partial charge in [0.1, 0.15) is 18.1 Å². The number of carbonyl (C=O) groups is 1. The smallest absolute Gasteiger partial charge is 0.387 e. The van der Waals surface area contributed by atoms with Gasteiger partial charge in [0.2, 0.25) is 11.9 Å². The highest BCUT2D eigenvalue weighted by atomic mass is 19.3. The number of halogens is 2. The number of benzene rings is 1. The number of alkyl halides is 2. The van der Waals surface area contributed by atoms with Gasteiger partial charge in [-0.05, 0) is 24.6 Å². The molecule has 0 aliphatic carbocycles.